The lowest BCUT2D eigenvalue weighted by molar-refractivity contribution is 0.357. The van der Waals surface area contributed by atoms with E-state index >= 15 is 0 Å². The van der Waals surface area contributed by atoms with Gasteiger partial charge in [-0.05, 0) is 12.1 Å². The molecule has 0 aliphatic carbocycles. The van der Waals surface area contributed by atoms with Crippen molar-refractivity contribution in [3.05, 3.63) is 40.1 Å². The van der Waals surface area contributed by atoms with Crippen LogP contribution in [0.3, 0.4) is 0 Å². The minimum Gasteiger partial charge on any atom is -0.488 e. The molecule has 0 unspecified atom stereocenters. The molecule has 0 amide bonds. The van der Waals surface area contributed by atoms with E-state index in [0.717, 1.165) is 6.07 Å². The summed E-state index contributed by atoms with van der Waals surface area (Å²) in [5.74, 6) is -0.329. The van der Waals surface area contributed by atoms with Crippen LogP contribution in [0.25, 0.3) is 0 Å². The van der Waals surface area contributed by atoms with Crippen molar-refractivity contribution in [1.82, 2.24) is 0 Å². The van der Waals surface area contributed by atoms with E-state index in [2.05, 4.69) is 0 Å². The molecule has 0 heterocycles. The Bertz CT molecular complexity index is 426. The Kier molecular flexibility index (Phi) is 4.41. The molecular formula is C10H6Cl2FNO. The van der Waals surface area contributed by atoms with Crippen molar-refractivity contribution in [1.29, 1.82) is 5.26 Å². The Labute approximate surface area is 96.5 Å². The van der Waals surface area contributed by atoms with Gasteiger partial charge in [-0.25, -0.2) is 4.39 Å². The van der Waals surface area contributed by atoms with Gasteiger partial charge in [-0.3, -0.25) is 0 Å². The van der Waals surface area contributed by atoms with Gasteiger partial charge in [0.25, 0.3) is 0 Å². The average molecular weight is 246 g/mol. The van der Waals surface area contributed by atoms with Crippen LogP contribution >= 0.6 is 23.2 Å². The van der Waals surface area contributed by atoms with Crippen LogP contribution in [0, 0.1) is 17.1 Å². The number of hydrogen-bond acceptors (Lipinski definition) is 2. The lowest BCUT2D eigenvalue weighted by atomic mass is 10.2. The summed E-state index contributed by atoms with van der Waals surface area (Å²) in [4.78, 5) is 0. The topological polar surface area (TPSA) is 33.0 Å². The molecule has 0 spiro atoms. The van der Waals surface area contributed by atoms with Crippen LogP contribution in [0.2, 0.25) is 0 Å². The lowest BCUT2D eigenvalue weighted by Crippen LogP contribution is -1.97. The molecule has 0 fully saturated rings. The second kappa shape index (κ2) is 5.59. The van der Waals surface area contributed by atoms with E-state index in [1.807, 2.05) is 0 Å². The van der Waals surface area contributed by atoms with Gasteiger partial charge in [0.1, 0.15) is 24.2 Å². The molecule has 1 rings (SSSR count). The van der Waals surface area contributed by atoms with Crippen LogP contribution in [0.15, 0.2) is 28.8 Å². The Morgan fingerprint density at radius 2 is 2.33 bits per heavy atom. The molecule has 0 saturated carbocycles. The quantitative estimate of drug-likeness (QED) is 0.818. The second-order valence-electron chi connectivity index (χ2n) is 2.60. The van der Waals surface area contributed by atoms with E-state index in [0.29, 0.717) is 10.8 Å². The van der Waals surface area contributed by atoms with Crippen molar-refractivity contribution in [2.75, 3.05) is 6.61 Å². The van der Waals surface area contributed by atoms with E-state index in [9.17, 15) is 4.39 Å². The van der Waals surface area contributed by atoms with Crippen LogP contribution in [0.5, 0.6) is 5.75 Å². The maximum absolute atomic E-state index is 13.1. The Morgan fingerprint density at radius 3 is 2.87 bits per heavy atom. The summed E-state index contributed by atoms with van der Waals surface area (Å²) in [7, 11) is 0. The first-order valence-electron chi connectivity index (χ1n) is 3.94. The largest absolute Gasteiger partial charge is 0.488 e. The molecule has 0 aromatic heterocycles. The van der Waals surface area contributed by atoms with Gasteiger partial charge in [0.15, 0.2) is 0 Å². The summed E-state index contributed by atoms with van der Waals surface area (Å²) in [6.45, 7) is 0.0659. The predicted molar refractivity (Wildman–Crippen MR) is 56.4 cm³/mol. The molecule has 1 aromatic rings. The molecule has 0 aliphatic heterocycles. The molecule has 5 heteroatoms. The molecular weight excluding hydrogens is 240 g/mol. The Hall–Kier alpha value is -1.24. The number of hydrogen-bond donors (Lipinski definition) is 0. The van der Waals surface area contributed by atoms with Gasteiger partial charge in [0, 0.05) is 11.6 Å². The van der Waals surface area contributed by atoms with Gasteiger partial charge < -0.3 is 4.74 Å². The highest BCUT2D eigenvalue weighted by Gasteiger charge is 2.03. The van der Waals surface area contributed by atoms with Crippen LogP contribution < -0.4 is 4.74 Å². The summed E-state index contributed by atoms with van der Waals surface area (Å²) in [5, 5.41) is 8.79. The predicted octanol–water partition coefficient (Wildman–Crippen LogP) is 3.40. The highest BCUT2D eigenvalue weighted by molar-refractivity contribution is 6.36. The zero-order chi connectivity index (χ0) is 11.3. The Morgan fingerprint density at radius 1 is 1.60 bits per heavy atom. The SMILES string of the molecule is N#Cc1ccc(OCC(Cl)=CCl)cc1F. The van der Waals surface area contributed by atoms with E-state index in [1.165, 1.54) is 17.7 Å². The first-order valence-corrected chi connectivity index (χ1v) is 4.76. The van der Waals surface area contributed by atoms with Crippen molar-refractivity contribution < 1.29 is 9.13 Å². The summed E-state index contributed by atoms with van der Waals surface area (Å²) in [5.41, 5.74) is 1.14. The molecule has 1 aromatic carbocycles. The summed E-state index contributed by atoms with van der Waals surface area (Å²) < 4.78 is 18.2. The summed E-state index contributed by atoms with van der Waals surface area (Å²) in [6.07, 6.45) is 0. The average Bonchev–Trinajstić information content (AvgIpc) is 2.26. The molecule has 2 nitrogen and oxygen atoms in total. The number of ether oxygens (including phenoxy) is 1. The third-order valence-corrected chi connectivity index (χ3v) is 2.15. The minimum atomic E-state index is -0.624. The zero-order valence-electron chi connectivity index (χ0n) is 7.51. The van der Waals surface area contributed by atoms with Crippen molar-refractivity contribution in [3.63, 3.8) is 0 Å². The van der Waals surface area contributed by atoms with Gasteiger partial charge in [0.05, 0.1) is 10.6 Å². The number of halogens is 3. The highest BCUT2D eigenvalue weighted by atomic mass is 35.5. The molecule has 0 saturated heterocycles. The first kappa shape index (κ1) is 11.8. The third kappa shape index (κ3) is 3.43. The van der Waals surface area contributed by atoms with E-state index in [1.54, 1.807) is 6.07 Å². The maximum Gasteiger partial charge on any atom is 0.144 e. The fraction of sp³-hybridized carbons (Fsp3) is 0.100. The molecule has 0 atom stereocenters. The van der Waals surface area contributed by atoms with E-state index in [-0.39, 0.29) is 12.2 Å². The van der Waals surface area contributed by atoms with E-state index < -0.39 is 5.82 Å². The van der Waals surface area contributed by atoms with Crippen molar-refractivity contribution in [2.24, 2.45) is 0 Å². The second-order valence-corrected chi connectivity index (χ2v) is 3.30. The van der Waals surface area contributed by atoms with Crippen molar-refractivity contribution in [3.8, 4) is 11.8 Å². The van der Waals surface area contributed by atoms with E-state index in [4.69, 9.17) is 33.2 Å². The smallest absolute Gasteiger partial charge is 0.144 e. The van der Waals surface area contributed by atoms with Gasteiger partial charge in [0.2, 0.25) is 0 Å². The monoisotopic (exact) mass is 245 g/mol. The highest BCUT2D eigenvalue weighted by Crippen LogP contribution is 2.17. The molecule has 0 N–H and O–H groups in total. The van der Waals surface area contributed by atoms with Crippen LogP contribution in [-0.2, 0) is 0 Å². The summed E-state index contributed by atoms with van der Waals surface area (Å²) >= 11 is 10.9. The van der Waals surface area contributed by atoms with Crippen LogP contribution in [0.1, 0.15) is 5.56 Å². The van der Waals surface area contributed by atoms with Gasteiger partial charge in [-0.1, -0.05) is 23.2 Å². The lowest BCUT2D eigenvalue weighted by Gasteiger charge is -2.04. The number of benzene rings is 1. The van der Waals surface area contributed by atoms with Crippen molar-refractivity contribution in [2.45, 2.75) is 0 Å². The maximum atomic E-state index is 13.1. The third-order valence-electron chi connectivity index (χ3n) is 1.56. The van der Waals surface area contributed by atoms with Crippen LogP contribution in [0.4, 0.5) is 4.39 Å². The summed E-state index contributed by atoms with van der Waals surface area (Å²) in [6, 6.07) is 5.65. The standard InChI is InChI=1S/C10H6Cl2FNO/c11-4-8(12)6-15-9-2-1-7(5-14)10(13)3-9/h1-4H,6H2. The van der Waals surface area contributed by atoms with Gasteiger partial charge in [-0.2, -0.15) is 5.26 Å². The molecule has 0 aliphatic rings. The minimum absolute atomic E-state index is 0.0265. The number of nitriles is 1. The number of rotatable bonds is 3. The Balaban J connectivity index is 2.73. The van der Waals surface area contributed by atoms with Crippen LogP contribution in [-0.4, -0.2) is 6.61 Å². The first-order chi connectivity index (χ1) is 7.17. The molecule has 78 valence electrons. The van der Waals surface area contributed by atoms with Crippen molar-refractivity contribution >= 4 is 23.2 Å². The fourth-order valence-electron chi connectivity index (χ4n) is 0.860. The normalized spacial score (nSPS) is 10.9. The van der Waals surface area contributed by atoms with Gasteiger partial charge in [-0.15, -0.1) is 0 Å². The molecule has 15 heavy (non-hydrogen) atoms. The molecule has 0 bridgehead atoms. The number of nitrogens with zero attached hydrogens (tertiary/aromatic N) is 1. The van der Waals surface area contributed by atoms with Gasteiger partial charge >= 0.3 is 0 Å². The zero-order valence-corrected chi connectivity index (χ0v) is 9.02. The fourth-order valence-corrected chi connectivity index (χ4v) is 0.978. The molecule has 0 radical (unpaired) electrons.